The van der Waals surface area contributed by atoms with Crippen molar-refractivity contribution < 1.29 is 13.2 Å². The molecule has 1 heterocycles. The second-order valence-corrected chi connectivity index (χ2v) is 10.5. The van der Waals surface area contributed by atoms with Crippen LogP contribution in [-0.4, -0.2) is 62.3 Å². The van der Waals surface area contributed by atoms with E-state index in [2.05, 4.69) is 33.4 Å². The highest BCUT2D eigenvalue weighted by molar-refractivity contribution is 9.10. The normalized spacial score (nSPS) is 16.9. The van der Waals surface area contributed by atoms with Crippen LogP contribution in [-0.2, 0) is 21.2 Å². The van der Waals surface area contributed by atoms with Crippen LogP contribution in [0.15, 0.2) is 64.0 Å². The number of benzene rings is 2. The van der Waals surface area contributed by atoms with Crippen molar-refractivity contribution in [3.63, 3.8) is 0 Å². The van der Waals surface area contributed by atoms with Crippen LogP contribution in [0.5, 0.6) is 0 Å². The first kappa shape index (κ1) is 22.9. The van der Waals surface area contributed by atoms with Crippen molar-refractivity contribution in [3.05, 3.63) is 64.6 Å². The van der Waals surface area contributed by atoms with Gasteiger partial charge in [0.15, 0.2) is 0 Å². The number of rotatable bonds is 8. The van der Waals surface area contributed by atoms with Gasteiger partial charge in [0, 0.05) is 36.7 Å². The fourth-order valence-electron chi connectivity index (χ4n) is 3.53. The van der Waals surface area contributed by atoms with Crippen LogP contribution in [0.25, 0.3) is 0 Å². The third kappa shape index (κ3) is 6.38. The van der Waals surface area contributed by atoms with Crippen LogP contribution in [0, 0.1) is 0 Å². The second kappa shape index (κ2) is 10.5. The molecule has 3 rings (SSSR count). The van der Waals surface area contributed by atoms with Crippen molar-refractivity contribution in [3.8, 4) is 0 Å². The van der Waals surface area contributed by atoms with Crippen molar-refractivity contribution in [1.29, 1.82) is 0 Å². The van der Waals surface area contributed by atoms with Crippen LogP contribution in [0.1, 0.15) is 18.9 Å². The predicted molar refractivity (Wildman–Crippen MR) is 122 cm³/mol. The van der Waals surface area contributed by atoms with E-state index >= 15 is 0 Å². The highest BCUT2D eigenvalue weighted by Crippen LogP contribution is 2.21. The van der Waals surface area contributed by atoms with Crippen molar-refractivity contribution in [2.45, 2.75) is 30.7 Å². The zero-order valence-corrected chi connectivity index (χ0v) is 19.5. The Bertz CT molecular complexity index is 945. The van der Waals surface area contributed by atoms with Gasteiger partial charge in [-0.25, -0.2) is 8.42 Å². The monoisotopic (exact) mass is 493 g/mol. The molecule has 0 aliphatic carbocycles. The van der Waals surface area contributed by atoms with Gasteiger partial charge < -0.3 is 5.32 Å². The van der Waals surface area contributed by atoms with E-state index in [-0.39, 0.29) is 16.8 Å². The number of sulfonamides is 1. The predicted octanol–water partition coefficient (Wildman–Crippen LogP) is 2.89. The molecule has 0 unspecified atom stereocenters. The summed E-state index contributed by atoms with van der Waals surface area (Å²) in [6.45, 7) is 4.15. The van der Waals surface area contributed by atoms with Crippen molar-refractivity contribution in [1.82, 2.24) is 14.5 Å². The number of aryl methyl sites for hydroxylation is 1. The molecule has 1 atom stereocenters. The van der Waals surface area contributed by atoms with Crippen molar-refractivity contribution >= 4 is 31.9 Å². The van der Waals surface area contributed by atoms with Crippen LogP contribution in [0.2, 0.25) is 0 Å². The summed E-state index contributed by atoms with van der Waals surface area (Å²) in [5.74, 6) is -0.0149. The molecule has 0 saturated carbocycles. The van der Waals surface area contributed by atoms with Gasteiger partial charge in [-0.15, -0.1) is 0 Å². The number of piperazine rings is 1. The average Bonchev–Trinajstić information content (AvgIpc) is 2.73. The number of carbonyl (C=O) groups is 1. The molecule has 2 aromatic rings. The molecule has 2 aromatic carbocycles. The molecule has 30 heavy (non-hydrogen) atoms. The molecule has 0 aromatic heterocycles. The summed E-state index contributed by atoms with van der Waals surface area (Å²) < 4.78 is 27.8. The molecule has 1 aliphatic rings. The number of carbonyl (C=O) groups excluding carboxylic acids is 1. The Morgan fingerprint density at radius 1 is 1.07 bits per heavy atom. The summed E-state index contributed by atoms with van der Waals surface area (Å²) in [7, 11) is -3.51. The zero-order chi connectivity index (χ0) is 21.6. The maximum absolute atomic E-state index is 12.8. The van der Waals surface area contributed by atoms with Crippen LogP contribution in [0.4, 0.5) is 0 Å². The van der Waals surface area contributed by atoms with Gasteiger partial charge in [0.25, 0.3) is 0 Å². The Hall–Kier alpha value is -1.74. The average molecular weight is 494 g/mol. The number of hydrogen-bond acceptors (Lipinski definition) is 4. The lowest BCUT2D eigenvalue weighted by atomic mass is 10.1. The van der Waals surface area contributed by atoms with Crippen molar-refractivity contribution in [2.75, 3.05) is 32.7 Å². The molecule has 1 aliphatic heterocycles. The van der Waals surface area contributed by atoms with E-state index in [4.69, 9.17) is 0 Å². The van der Waals surface area contributed by atoms with Gasteiger partial charge in [-0.2, -0.15) is 4.31 Å². The van der Waals surface area contributed by atoms with E-state index in [1.165, 1.54) is 9.87 Å². The number of amides is 1. The fraction of sp³-hybridized carbons (Fsp3) is 0.409. The number of nitrogens with zero attached hydrogens (tertiary/aromatic N) is 2. The minimum atomic E-state index is -3.51. The summed E-state index contributed by atoms with van der Waals surface area (Å²) in [4.78, 5) is 14.7. The quantitative estimate of drug-likeness (QED) is 0.613. The second-order valence-electron chi connectivity index (χ2n) is 7.63. The molecule has 1 saturated heterocycles. The lowest BCUT2D eigenvalue weighted by Crippen LogP contribution is -2.51. The van der Waals surface area contributed by atoms with Crippen LogP contribution < -0.4 is 5.32 Å². The van der Waals surface area contributed by atoms with E-state index < -0.39 is 10.0 Å². The first-order valence-corrected chi connectivity index (χ1v) is 12.4. The first-order chi connectivity index (χ1) is 14.3. The SMILES string of the molecule is C[C@H](CCc1ccccc1)NC(=O)CN1CCN(S(=O)(=O)c2cccc(Br)c2)CC1. The molecule has 162 valence electrons. The highest BCUT2D eigenvalue weighted by atomic mass is 79.9. The van der Waals surface area contributed by atoms with Gasteiger partial charge in [-0.3, -0.25) is 9.69 Å². The third-order valence-electron chi connectivity index (χ3n) is 5.25. The van der Waals surface area contributed by atoms with Gasteiger partial charge >= 0.3 is 0 Å². The van der Waals surface area contributed by atoms with E-state index in [1.807, 2.05) is 30.0 Å². The number of hydrogen-bond donors (Lipinski definition) is 1. The molecule has 1 fully saturated rings. The minimum Gasteiger partial charge on any atom is -0.353 e. The van der Waals surface area contributed by atoms with Gasteiger partial charge in [0.2, 0.25) is 15.9 Å². The summed E-state index contributed by atoms with van der Waals surface area (Å²) in [5, 5.41) is 3.05. The largest absolute Gasteiger partial charge is 0.353 e. The van der Waals surface area contributed by atoms with Crippen LogP contribution >= 0.6 is 15.9 Å². The Kier molecular flexibility index (Phi) is 8.05. The summed E-state index contributed by atoms with van der Waals surface area (Å²) >= 11 is 3.32. The summed E-state index contributed by atoms with van der Waals surface area (Å²) in [6.07, 6.45) is 1.81. The first-order valence-electron chi connectivity index (χ1n) is 10.2. The topological polar surface area (TPSA) is 69.7 Å². The van der Waals surface area contributed by atoms with Crippen LogP contribution in [0.3, 0.4) is 0 Å². The molecule has 0 radical (unpaired) electrons. The Morgan fingerprint density at radius 3 is 2.43 bits per heavy atom. The lowest BCUT2D eigenvalue weighted by Gasteiger charge is -2.33. The molecule has 1 amide bonds. The number of nitrogens with one attached hydrogen (secondary N) is 1. The third-order valence-corrected chi connectivity index (χ3v) is 7.64. The van der Waals surface area contributed by atoms with Gasteiger partial charge in [0.1, 0.15) is 0 Å². The molecular formula is C22H28BrN3O3S. The molecule has 6 nitrogen and oxygen atoms in total. The van der Waals surface area contributed by atoms with Gasteiger partial charge in [-0.1, -0.05) is 52.3 Å². The van der Waals surface area contributed by atoms with E-state index in [9.17, 15) is 13.2 Å². The zero-order valence-electron chi connectivity index (χ0n) is 17.1. The number of halogens is 1. The maximum Gasteiger partial charge on any atom is 0.243 e. The molecule has 1 N–H and O–H groups in total. The fourth-order valence-corrected chi connectivity index (χ4v) is 5.55. The highest BCUT2D eigenvalue weighted by Gasteiger charge is 2.29. The van der Waals surface area contributed by atoms with E-state index in [0.29, 0.717) is 32.7 Å². The van der Waals surface area contributed by atoms with Gasteiger partial charge in [0.05, 0.1) is 11.4 Å². The summed E-state index contributed by atoms with van der Waals surface area (Å²) in [5.41, 5.74) is 1.27. The minimum absolute atomic E-state index is 0.0149. The standard InChI is InChI=1S/C22H28BrN3O3S/c1-18(10-11-19-6-3-2-4-7-19)24-22(27)17-25-12-14-26(15-13-25)30(28,29)21-9-5-8-20(23)16-21/h2-9,16,18H,10-15,17H2,1H3,(H,24,27)/t18-/m1/s1. The molecule has 0 bridgehead atoms. The summed E-state index contributed by atoms with van der Waals surface area (Å²) in [6, 6.07) is 17.1. The Balaban J connectivity index is 1.43. The molecule has 0 spiro atoms. The Labute approximate surface area is 187 Å². The lowest BCUT2D eigenvalue weighted by molar-refractivity contribution is -0.123. The van der Waals surface area contributed by atoms with E-state index in [1.54, 1.807) is 24.3 Å². The molecular weight excluding hydrogens is 466 g/mol. The maximum atomic E-state index is 12.8. The van der Waals surface area contributed by atoms with E-state index in [0.717, 1.165) is 17.3 Å². The van der Waals surface area contributed by atoms with Crippen molar-refractivity contribution in [2.24, 2.45) is 0 Å². The smallest absolute Gasteiger partial charge is 0.243 e. The van der Waals surface area contributed by atoms with Gasteiger partial charge in [-0.05, 0) is 43.5 Å². The molecule has 8 heteroatoms. The Morgan fingerprint density at radius 2 is 1.77 bits per heavy atom.